The molecule has 2 unspecified atom stereocenters. The van der Waals surface area contributed by atoms with E-state index in [1.54, 1.807) is 9.80 Å². The minimum atomic E-state index is -0.896. The minimum Gasteiger partial charge on any atom is -0.481 e. The van der Waals surface area contributed by atoms with Gasteiger partial charge < -0.3 is 19.6 Å². The Hall–Kier alpha value is -0.950. The van der Waals surface area contributed by atoms with E-state index in [2.05, 4.69) is 0 Å². The first-order valence-corrected chi connectivity index (χ1v) is 7.65. The third kappa shape index (κ3) is 3.54. The number of nitrogens with zero attached hydrogens (tertiary/aromatic N) is 2. The van der Waals surface area contributed by atoms with Crippen molar-refractivity contribution in [2.45, 2.75) is 24.9 Å². The molecular weight excluding hydrogens is 268 g/mol. The number of rotatable bonds is 3. The van der Waals surface area contributed by atoms with E-state index in [0.29, 0.717) is 19.8 Å². The van der Waals surface area contributed by atoms with Gasteiger partial charge in [-0.25, -0.2) is 4.79 Å². The Bertz CT molecular complexity index is 347. The van der Waals surface area contributed by atoms with Gasteiger partial charge in [-0.2, -0.15) is 11.8 Å². The summed E-state index contributed by atoms with van der Waals surface area (Å²) < 4.78 is 5.29. The van der Waals surface area contributed by atoms with Gasteiger partial charge in [0.25, 0.3) is 0 Å². The summed E-state index contributed by atoms with van der Waals surface area (Å²) in [6.07, 6.45) is 0.958. The fraction of sp³-hybridized carbons (Fsp3) is 0.833. The third-order valence-corrected chi connectivity index (χ3v) is 4.78. The molecule has 0 saturated carbocycles. The van der Waals surface area contributed by atoms with Crippen molar-refractivity contribution in [3.05, 3.63) is 0 Å². The maximum atomic E-state index is 12.5. The average Bonchev–Trinajstić information content (AvgIpc) is 2.91. The summed E-state index contributed by atoms with van der Waals surface area (Å²) >= 11 is 1.85. The van der Waals surface area contributed by atoms with Crippen molar-refractivity contribution in [3.8, 4) is 0 Å². The van der Waals surface area contributed by atoms with E-state index in [0.717, 1.165) is 17.9 Å². The van der Waals surface area contributed by atoms with Crippen LogP contribution in [0.5, 0.6) is 0 Å². The second-order valence-electron chi connectivity index (χ2n) is 4.93. The van der Waals surface area contributed by atoms with Crippen molar-refractivity contribution in [2.24, 2.45) is 0 Å². The lowest BCUT2D eigenvalue weighted by Gasteiger charge is -2.38. The number of carbonyl (C=O) groups is 2. The number of aliphatic carboxylic acids is 1. The van der Waals surface area contributed by atoms with Gasteiger partial charge in [0.15, 0.2) is 0 Å². The van der Waals surface area contributed by atoms with E-state index in [4.69, 9.17) is 9.84 Å². The van der Waals surface area contributed by atoms with Crippen molar-refractivity contribution < 1.29 is 19.4 Å². The molecule has 7 heteroatoms. The molecule has 2 aliphatic heterocycles. The molecule has 6 nitrogen and oxygen atoms in total. The monoisotopic (exact) mass is 288 g/mol. The van der Waals surface area contributed by atoms with E-state index in [9.17, 15) is 9.59 Å². The Kier molecular flexibility index (Phi) is 4.93. The smallest absolute Gasteiger partial charge is 0.320 e. The van der Waals surface area contributed by atoms with Gasteiger partial charge in [-0.05, 0) is 12.2 Å². The number of hydrogen-bond acceptors (Lipinski definition) is 4. The van der Waals surface area contributed by atoms with E-state index in [-0.39, 0.29) is 24.5 Å². The SMILES string of the molecule is CN(C(=O)N1CCOCC1CC(=O)O)C1CCSC1. The standard InChI is InChI=1S/C12H20N2O4S/c1-13(9-2-5-19-8-9)12(17)14-3-4-18-7-10(14)6-11(15)16/h9-10H,2-8H2,1H3,(H,15,16). The van der Waals surface area contributed by atoms with Crippen molar-refractivity contribution in [3.63, 3.8) is 0 Å². The molecule has 2 rings (SSSR count). The first-order valence-electron chi connectivity index (χ1n) is 6.50. The average molecular weight is 288 g/mol. The lowest BCUT2D eigenvalue weighted by molar-refractivity contribution is -0.139. The number of carboxylic acid groups (broad SMARTS) is 1. The Morgan fingerprint density at radius 3 is 2.95 bits per heavy atom. The maximum Gasteiger partial charge on any atom is 0.320 e. The normalized spacial score (nSPS) is 27.3. The molecule has 0 aliphatic carbocycles. The zero-order valence-electron chi connectivity index (χ0n) is 11.1. The molecule has 2 saturated heterocycles. The summed E-state index contributed by atoms with van der Waals surface area (Å²) in [5.41, 5.74) is 0. The van der Waals surface area contributed by atoms with Crippen LogP contribution in [0.2, 0.25) is 0 Å². The largest absolute Gasteiger partial charge is 0.481 e. The first kappa shape index (κ1) is 14.5. The van der Waals surface area contributed by atoms with Crippen LogP contribution in [0.3, 0.4) is 0 Å². The van der Waals surface area contributed by atoms with E-state index in [1.165, 1.54) is 0 Å². The van der Waals surface area contributed by atoms with Crippen LogP contribution in [-0.4, -0.2) is 77.3 Å². The minimum absolute atomic E-state index is 0.0566. The van der Waals surface area contributed by atoms with Crippen LogP contribution in [-0.2, 0) is 9.53 Å². The van der Waals surface area contributed by atoms with Crippen molar-refractivity contribution in [1.29, 1.82) is 0 Å². The highest BCUT2D eigenvalue weighted by Gasteiger charge is 2.33. The van der Waals surface area contributed by atoms with Gasteiger partial charge in [-0.15, -0.1) is 0 Å². The molecule has 0 aromatic heterocycles. The highest BCUT2D eigenvalue weighted by molar-refractivity contribution is 7.99. The highest BCUT2D eigenvalue weighted by Crippen LogP contribution is 2.23. The predicted octanol–water partition coefficient (Wildman–Crippen LogP) is 0.719. The molecule has 2 fully saturated rings. The van der Waals surface area contributed by atoms with E-state index < -0.39 is 5.97 Å². The predicted molar refractivity (Wildman–Crippen MR) is 72.5 cm³/mol. The van der Waals surface area contributed by atoms with Gasteiger partial charge in [-0.1, -0.05) is 0 Å². The van der Waals surface area contributed by atoms with Crippen LogP contribution >= 0.6 is 11.8 Å². The molecule has 2 amide bonds. The molecule has 0 aromatic rings. The van der Waals surface area contributed by atoms with Crippen LogP contribution in [0.15, 0.2) is 0 Å². The van der Waals surface area contributed by atoms with Crippen LogP contribution in [0, 0.1) is 0 Å². The number of carboxylic acids is 1. The number of amides is 2. The van der Waals surface area contributed by atoms with E-state index >= 15 is 0 Å². The van der Waals surface area contributed by atoms with Crippen molar-refractivity contribution in [2.75, 3.05) is 38.3 Å². The maximum absolute atomic E-state index is 12.5. The lowest BCUT2D eigenvalue weighted by Crippen LogP contribution is -2.55. The summed E-state index contributed by atoms with van der Waals surface area (Å²) in [7, 11) is 1.81. The molecule has 0 radical (unpaired) electrons. The zero-order valence-corrected chi connectivity index (χ0v) is 11.9. The molecule has 0 spiro atoms. The Balaban J connectivity index is 1.99. The van der Waals surface area contributed by atoms with Crippen LogP contribution in [0.4, 0.5) is 4.79 Å². The Labute approximate surface area is 117 Å². The number of morpholine rings is 1. The number of thioether (sulfide) groups is 1. The van der Waals surface area contributed by atoms with Gasteiger partial charge in [-0.3, -0.25) is 4.79 Å². The van der Waals surface area contributed by atoms with Crippen molar-refractivity contribution in [1.82, 2.24) is 9.80 Å². The molecule has 19 heavy (non-hydrogen) atoms. The molecule has 1 N–H and O–H groups in total. The molecule has 2 aliphatic rings. The van der Waals surface area contributed by atoms with Gasteiger partial charge in [0, 0.05) is 25.4 Å². The topological polar surface area (TPSA) is 70.1 Å². The molecule has 0 bridgehead atoms. The van der Waals surface area contributed by atoms with Gasteiger partial charge in [0.1, 0.15) is 0 Å². The van der Waals surface area contributed by atoms with Crippen LogP contribution < -0.4 is 0 Å². The van der Waals surface area contributed by atoms with Crippen LogP contribution in [0.25, 0.3) is 0 Å². The summed E-state index contributed by atoms with van der Waals surface area (Å²) in [6, 6.07) is -0.150. The quantitative estimate of drug-likeness (QED) is 0.828. The second kappa shape index (κ2) is 6.47. The molecule has 2 heterocycles. The fourth-order valence-corrected chi connectivity index (χ4v) is 3.73. The summed E-state index contributed by atoms with van der Waals surface area (Å²) in [5.74, 6) is 1.16. The molecular formula is C12H20N2O4S. The van der Waals surface area contributed by atoms with Crippen molar-refractivity contribution >= 4 is 23.8 Å². The lowest BCUT2D eigenvalue weighted by atomic mass is 10.1. The third-order valence-electron chi connectivity index (χ3n) is 3.64. The number of ether oxygens (including phenoxy) is 1. The number of carbonyl (C=O) groups excluding carboxylic acids is 1. The molecule has 108 valence electrons. The zero-order chi connectivity index (χ0) is 13.8. The fourth-order valence-electron chi connectivity index (χ4n) is 2.46. The highest BCUT2D eigenvalue weighted by atomic mass is 32.2. The van der Waals surface area contributed by atoms with Gasteiger partial charge >= 0.3 is 12.0 Å². The first-order chi connectivity index (χ1) is 9.09. The van der Waals surface area contributed by atoms with Gasteiger partial charge in [0.05, 0.1) is 25.7 Å². The molecule has 0 aromatic carbocycles. The van der Waals surface area contributed by atoms with Gasteiger partial charge in [0.2, 0.25) is 0 Å². The van der Waals surface area contributed by atoms with E-state index in [1.807, 2.05) is 18.8 Å². The summed E-state index contributed by atoms with van der Waals surface area (Å²) in [5, 5.41) is 8.90. The Morgan fingerprint density at radius 2 is 2.32 bits per heavy atom. The molecule has 2 atom stereocenters. The summed E-state index contributed by atoms with van der Waals surface area (Å²) in [4.78, 5) is 26.7. The number of hydrogen-bond donors (Lipinski definition) is 1. The second-order valence-corrected chi connectivity index (χ2v) is 6.08. The summed E-state index contributed by atoms with van der Waals surface area (Å²) in [6.45, 7) is 1.27. The number of urea groups is 1. The Morgan fingerprint density at radius 1 is 1.53 bits per heavy atom. The van der Waals surface area contributed by atoms with Crippen LogP contribution in [0.1, 0.15) is 12.8 Å².